The van der Waals surface area contributed by atoms with Crippen LogP contribution >= 0.6 is 0 Å². The normalized spacial score (nSPS) is 15.5. The second-order valence-electron chi connectivity index (χ2n) is 4.69. The van der Waals surface area contributed by atoms with E-state index in [2.05, 4.69) is 6.58 Å². The zero-order chi connectivity index (χ0) is 12.1. The van der Waals surface area contributed by atoms with Crippen molar-refractivity contribution in [1.82, 2.24) is 0 Å². The van der Waals surface area contributed by atoms with Gasteiger partial charge in [-0.1, -0.05) is 26.8 Å². The molecule has 0 fully saturated rings. The Morgan fingerprint density at radius 1 is 1.53 bits per heavy atom. The first-order valence-corrected chi connectivity index (χ1v) is 5.30. The fraction of sp³-hybridized carbons (Fsp3) is 0.750. The van der Waals surface area contributed by atoms with Gasteiger partial charge in [-0.3, -0.25) is 4.79 Å². The standard InChI is InChI=1S/C12H22O3/c1-6-8-9(11(14)15-7-2)10(13)12(3,4)5/h6,9-10,13H,1,7-8H2,2-5H3/t9-,10+/m0/s1. The SMILES string of the molecule is C=CC[C@H](C(=O)OCC)[C@@H](O)C(C)(C)C. The molecule has 3 nitrogen and oxygen atoms in total. The smallest absolute Gasteiger partial charge is 0.311 e. The van der Waals surface area contributed by atoms with Crippen molar-refractivity contribution in [1.29, 1.82) is 0 Å². The maximum Gasteiger partial charge on any atom is 0.311 e. The summed E-state index contributed by atoms with van der Waals surface area (Å²) in [4.78, 5) is 11.6. The van der Waals surface area contributed by atoms with Crippen molar-refractivity contribution in [2.75, 3.05) is 6.61 Å². The van der Waals surface area contributed by atoms with Crippen LogP contribution < -0.4 is 0 Å². The highest BCUT2D eigenvalue weighted by atomic mass is 16.5. The van der Waals surface area contributed by atoms with Gasteiger partial charge in [-0.2, -0.15) is 0 Å². The highest BCUT2D eigenvalue weighted by molar-refractivity contribution is 5.73. The average molecular weight is 214 g/mol. The summed E-state index contributed by atoms with van der Waals surface area (Å²) in [6.45, 7) is 11.4. The Balaban J connectivity index is 4.64. The molecule has 0 rings (SSSR count). The Hall–Kier alpha value is -0.830. The molecule has 0 aliphatic carbocycles. The minimum absolute atomic E-state index is 0.333. The summed E-state index contributed by atoms with van der Waals surface area (Å²) >= 11 is 0. The summed E-state index contributed by atoms with van der Waals surface area (Å²) in [7, 11) is 0. The first-order valence-electron chi connectivity index (χ1n) is 5.30. The molecule has 2 atom stereocenters. The lowest BCUT2D eigenvalue weighted by Crippen LogP contribution is -2.38. The van der Waals surface area contributed by atoms with Gasteiger partial charge < -0.3 is 9.84 Å². The van der Waals surface area contributed by atoms with E-state index in [-0.39, 0.29) is 11.4 Å². The third-order valence-corrected chi connectivity index (χ3v) is 2.28. The average Bonchev–Trinajstić information content (AvgIpc) is 2.12. The van der Waals surface area contributed by atoms with Crippen molar-refractivity contribution in [3.05, 3.63) is 12.7 Å². The van der Waals surface area contributed by atoms with Gasteiger partial charge in [-0.05, 0) is 18.8 Å². The summed E-state index contributed by atoms with van der Waals surface area (Å²) in [5.41, 5.74) is -0.333. The Kier molecular flexibility index (Phi) is 5.58. The zero-order valence-electron chi connectivity index (χ0n) is 10.1. The first-order chi connectivity index (χ1) is 6.84. The van der Waals surface area contributed by atoms with E-state index in [1.165, 1.54) is 0 Å². The number of hydrogen-bond acceptors (Lipinski definition) is 3. The highest BCUT2D eigenvalue weighted by Gasteiger charge is 2.35. The van der Waals surface area contributed by atoms with E-state index >= 15 is 0 Å². The minimum atomic E-state index is -0.713. The minimum Gasteiger partial charge on any atom is -0.466 e. The Morgan fingerprint density at radius 2 is 2.07 bits per heavy atom. The molecule has 0 unspecified atom stereocenters. The first kappa shape index (κ1) is 14.2. The van der Waals surface area contributed by atoms with E-state index in [0.29, 0.717) is 13.0 Å². The highest BCUT2D eigenvalue weighted by Crippen LogP contribution is 2.28. The molecule has 88 valence electrons. The van der Waals surface area contributed by atoms with Crippen molar-refractivity contribution in [3.63, 3.8) is 0 Å². The van der Waals surface area contributed by atoms with Gasteiger partial charge in [0.1, 0.15) is 0 Å². The largest absolute Gasteiger partial charge is 0.466 e. The van der Waals surface area contributed by atoms with Crippen LogP contribution in [0.1, 0.15) is 34.1 Å². The number of aliphatic hydroxyl groups is 1. The van der Waals surface area contributed by atoms with Crippen LogP contribution in [0.2, 0.25) is 0 Å². The second kappa shape index (κ2) is 5.91. The van der Waals surface area contributed by atoms with Gasteiger partial charge in [0.25, 0.3) is 0 Å². The van der Waals surface area contributed by atoms with Crippen LogP contribution in [-0.2, 0) is 9.53 Å². The van der Waals surface area contributed by atoms with Gasteiger partial charge in [0.15, 0.2) is 0 Å². The molecular formula is C12H22O3. The van der Waals surface area contributed by atoms with Crippen LogP contribution in [0, 0.1) is 11.3 Å². The molecule has 1 N–H and O–H groups in total. The molecular weight excluding hydrogens is 192 g/mol. The number of rotatable bonds is 5. The molecule has 0 heterocycles. The summed E-state index contributed by atoms with van der Waals surface area (Å²) in [5.74, 6) is -0.859. The summed E-state index contributed by atoms with van der Waals surface area (Å²) in [6, 6.07) is 0. The molecule has 0 aromatic carbocycles. The van der Waals surface area contributed by atoms with Gasteiger partial charge in [-0.15, -0.1) is 6.58 Å². The lowest BCUT2D eigenvalue weighted by atomic mass is 9.80. The zero-order valence-corrected chi connectivity index (χ0v) is 10.1. The molecule has 0 bridgehead atoms. The number of carbonyl (C=O) groups is 1. The maximum atomic E-state index is 11.6. The summed E-state index contributed by atoms with van der Waals surface area (Å²) < 4.78 is 4.93. The predicted molar refractivity (Wildman–Crippen MR) is 60.4 cm³/mol. The third kappa shape index (κ3) is 4.47. The molecule has 15 heavy (non-hydrogen) atoms. The van der Waals surface area contributed by atoms with Crippen LogP contribution in [0.3, 0.4) is 0 Å². The number of ether oxygens (including phenoxy) is 1. The van der Waals surface area contributed by atoms with Crippen LogP contribution in [0.4, 0.5) is 0 Å². The molecule has 0 radical (unpaired) electrons. The van der Waals surface area contributed by atoms with Crippen molar-refractivity contribution in [2.45, 2.75) is 40.2 Å². The molecule has 0 saturated carbocycles. The number of esters is 1. The number of hydrogen-bond donors (Lipinski definition) is 1. The number of aliphatic hydroxyl groups excluding tert-OH is 1. The summed E-state index contributed by atoms with van der Waals surface area (Å²) in [6.07, 6.45) is 1.36. The Bertz CT molecular complexity index is 215. The lowest BCUT2D eigenvalue weighted by molar-refractivity contribution is -0.155. The Labute approximate surface area is 92.1 Å². The van der Waals surface area contributed by atoms with E-state index in [1.807, 2.05) is 20.8 Å². The van der Waals surface area contributed by atoms with Crippen molar-refractivity contribution in [3.8, 4) is 0 Å². The molecule has 3 heteroatoms. The van der Waals surface area contributed by atoms with Crippen LogP contribution in [0.5, 0.6) is 0 Å². The van der Waals surface area contributed by atoms with Crippen molar-refractivity contribution in [2.24, 2.45) is 11.3 Å². The molecule has 0 aromatic rings. The lowest BCUT2D eigenvalue weighted by Gasteiger charge is -2.31. The van der Waals surface area contributed by atoms with E-state index < -0.39 is 12.0 Å². The molecule has 0 aliphatic rings. The van der Waals surface area contributed by atoms with Crippen molar-refractivity contribution >= 4 is 5.97 Å². The van der Waals surface area contributed by atoms with E-state index in [9.17, 15) is 9.90 Å². The maximum absolute atomic E-state index is 11.6. The fourth-order valence-corrected chi connectivity index (χ4v) is 1.39. The second-order valence-corrected chi connectivity index (χ2v) is 4.69. The summed E-state index contributed by atoms with van der Waals surface area (Å²) in [5, 5.41) is 10.0. The van der Waals surface area contributed by atoms with Gasteiger partial charge in [0, 0.05) is 0 Å². The van der Waals surface area contributed by atoms with E-state index in [1.54, 1.807) is 13.0 Å². The van der Waals surface area contributed by atoms with E-state index in [0.717, 1.165) is 0 Å². The predicted octanol–water partition coefficient (Wildman–Crippen LogP) is 2.15. The Morgan fingerprint density at radius 3 is 2.40 bits per heavy atom. The molecule has 0 aliphatic heterocycles. The molecule has 0 saturated heterocycles. The van der Waals surface area contributed by atoms with E-state index in [4.69, 9.17) is 4.74 Å². The number of carbonyl (C=O) groups excluding carboxylic acids is 1. The monoisotopic (exact) mass is 214 g/mol. The van der Waals surface area contributed by atoms with Crippen molar-refractivity contribution < 1.29 is 14.6 Å². The molecule has 0 spiro atoms. The number of allylic oxidation sites excluding steroid dienone is 1. The van der Waals surface area contributed by atoms with Crippen LogP contribution in [0.15, 0.2) is 12.7 Å². The quantitative estimate of drug-likeness (QED) is 0.563. The molecule has 0 amide bonds. The van der Waals surface area contributed by atoms with Gasteiger partial charge in [0.2, 0.25) is 0 Å². The van der Waals surface area contributed by atoms with Crippen LogP contribution in [0.25, 0.3) is 0 Å². The van der Waals surface area contributed by atoms with Crippen LogP contribution in [-0.4, -0.2) is 23.8 Å². The topological polar surface area (TPSA) is 46.5 Å². The third-order valence-electron chi connectivity index (χ3n) is 2.28. The van der Waals surface area contributed by atoms with Gasteiger partial charge in [0.05, 0.1) is 18.6 Å². The van der Waals surface area contributed by atoms with Gasteiger partial charge in [-0.25, -0.2) is 0 Å². The molecule has 0 aromatic heterocycles. The van der Waals surface area contributed by atoms with Gasteiger partial charge >= 0.3 is 5.97 Å². The fourth-order valence-electron chi connectivity index (χ4n) is 1.39.